The number of aromatic amines is 1. The predicted octanol–water partition coefficient (Wildman–Crippen LogP) is 1.93. The van der Waals surface area contributed by atoms with E-state index in [1.165, 1.54) is 37.9 Å². The van der Waals surface area contributed by atoms with Gasteiger partial charge in [0, 0.05) is 18.3 Å². The highest BCUT2D eigenvalue weighted by Gasteiger charge is 2.42. The standard InChI is InChI=1S/C15H20N2O2/c1-9(13-7-10-2-3-11(13)6-10)17-15(19)12-4-5-14(18)16-8-12/h4-5,8-11,13H,2-3,6-7H2,1H3,(H,16,18)(H,17,19)/t9-,10+,11+,13+/m1/s1. The van der Waals surface area contributed by atoms with Crippen molar-refractivity contribution in [1.29, 1.82) is 0 Å². The van der Waals surface area contributed by atoms with E-state index in [0.29, 0.717) is 11.5 Å². The van der Waals surface area contributed by atoms with Crippen LogP contribution in [0.3, 0.4) is 0 Å². The summed E-state index contributed by atoms with van der Waals surface area (Å²) >= 11 is 0. The van der Waals surface area contributed by atoms with E-state index in [9.17, 15) is 9.59 Å². The van der Waals surface area contributed by atoms with Gasteiger partial charge in [-0.3, -0.25) is 9.59 Å². The molecule has 4 heteroatoms. The summed E-state index contributed by atoms with van der Waals surface area (Å²) in [6, 6.07) is 3.17. The van der Waals surface area contributed by atoms with Gasteiger partial charge in [-0.05, 0) is 50.0 Å². The van der Waals surface area contributed by atoms with Crippen LogP contribution in [0.5, 0.6) is 0 Å². The number of amides is 1. The van der Waals surface area contributed by atoms with Crippen LogP contribution in [-0.2, 0) is 0 Å². The lowest BCUT2D eigenvalue weighted by atomic mass is 9.84. The molecule has 2 N–H and O–H groups in total. The molecule has 2 saturated carbocycles. The van der Waals surface area contributed by atoms with Gasteiger partial charge in [-0.1, -0.05) is 6.42 Å². The lowest BCUT2D eigenvalue weighted by Gasteiger charge is -2.28. The SMILES string of the molecule is C[C@@H](NC(=O)c1ccc(=O)[nH]c1)[C@@H]1C[C@H]2CC[C@H]1C2. The maximum Gasteiger partial charge on any atom is 0.252 e. The molecule has 4 nitrogen and oxygen atoms in total. The van der Waals surface area contributed by atoms with E-state index in [-0.39, 0.29) is 17.5 Å². The monoisotopic (exact) mass is 260 g/mol. The van der Waals surface area contributed by atoms with Gasteiger partial charge in [0.05, 0.1) is 5.56 Å². The molecule has 0 aromatic carbocycles. The maximum atomic E-state index is 12.1. The van der Waals surface area contributed by atoms with Crippen LogP contribution in [0.2, 0.25) is 0 Å². The summed E-state index contributed by atoms with van der Waals surface area (Å²) in [5.41, 5.74) is 0.340. The van der Waals surface area contributed by atoms with Crippen molar-refractivity contribution in [1.82, 2.24) is 10.3 Å². The minimum absolute atomic E-state index is 0.0912. The largest absolute Gasteiger partial charge is 0.349 e. The third-order valence-electron chi connectivity index (χ3n) is 4.84. The summed E-state index contributed by atoms with van der Waals surface area (Å²) in [6.07, 6.45) is 6.79. The third kappa shape index (κ3) is 2.44. The fourth-order valence-corrected chi connectivity index (χ4v) is 3.86. The van der Waals surface area contributed by atoms with Crippen LogP contribution in [0.25, 0.3) is 0 Å². The molecule has 1 aromatic heterocycles. The summed E-state index contributed by atoms with van der Waals surface area (Å²) in [5, 5.41) is 3.08. The van der Waals surface area contributed by atoms with Crippen molar-refractivity contribution in [2.24, 2.45) is 17.8 Å². The first kappa shape index (κ1) is 12.5. The van der Waals surface area contributed by atoms with Gasteiger partial charge in [0.2, 0.25) is 5.56 Å². The van der Waals surface area contributed by atoms with E-state index in [0.717, 1.165) is 11.8 Å². The number of carbonyl (C=O) groups excluding carboxylic acids is 1. The molecule has 0 saturated heterocycles. The lowest BCUT2D eigenvalue weighted by molar-refractivity contribution is 0.0915. The normalized spacial score (nSPS) is 30.3. The van der Waals surface area contributed by atoms with Gasteiger partial charge >= 0.3 is 0 Å². The van der Waals surface area contributed by atoms with Crippen LogP contribution in [0, 0.1) is 17.8 Å². The van der Waals surface area contributed by atoms with Crippen LogP contribution in [0.1, 0.15) is 43.0 Å². The van der Waals surface area contributed by atoms with Gasteiger partial charge in [0.1, 0.15) is 0 Å². The van der Waals surface area contributed by atoms with Gasteiger partial charge in [-0.25, -0.2) is 0 Å². The molecule has 3 rings (SSSR count). The van der Waals surface area contributed by atoms with Crippen LogP contribution in [0.4, 0.5) is 0 Å². The number of rotatable bonds is 3. The highest BCUT2D eigenvalue weighted by Crippen LogP contribution is 2.49. The highest BCUT2D eigenvalue weighted by molar-refractivity contribution is 5.93. The predicted molar refractivity (Wildman–Crippen MR) is 72.9 cm³/mol. The first-order valence-electron chi connectivity index (χ1n) is 7.13. The first-order chi connectivity index (χ1) is 9.13. The molecule has 2 aliphatic rings. The Morgan fingerprint density at radius 2 is 2.21 bits per heavy atom. The molecule has 19 heavy (non-hydrogen) atoms. The van der Waals surface area contributed by atoms with Crippen LogP contribution in [0.15, 0.2) is 23.1 Å². The smallest absolute Gasteiger partial charge is 0.252 e. The number of pyridine rings is 1. The fraction of sp³-hybridized carbons (Fsp3) is 0.600. The van der Waals surface area contributed by atoms with E-state index < -0.39 is 0 Å². The Hall–Kier alpha value is -1.58. The molecule has 2 fully saturated rings. The van der Waals surface area contributed by atoms with Gasteiger partial charge in [-0.2, -0.15) is 0 Å². The number of hydrogen-bond acceptors (Lipinski definition) is 2. The van der Waals surface area contributed by atoms with Crippen LogP contribution in [-0.4, -0.2) is 16.9 Å². The van der Waals surface area contributed by atoms with Gasteiger partial charge < -0.3 is 10.3 Å². The Balaban J connectivity index is 1.63. The maximum absolute atomic E-state index is 12.1. The number of hydrogen-bond donors (Lipinski definition) is 2. The summed E-state index contributed by atoms with van der Waals surface area (Å²) in [5.74, 6) is 2.23. The average molecular weight is 260 g/mol. The molecule has 0 spiro atoms. The van der Waals surface area contributed by atoms with Crippen molar-refractivity contribution in [3.63, 3.8) is 0 Å². The second-order valence-electron chi connectivity index (χ2n) is 6.04. The van der Waals surface area contributed by atoms with Crippen LogP contribution < -0.4 is 10.9 Å². The molecule has 1 aromatic rings. The average Bonchev–Trinajstić information content (AvgIpc) is 3.01. The third-order valence-corrected chi connectivity index (χ3v) is 4.84. The molecule has 2 aliphatic carbocycles. The van der Waals surface area contributed by atoms with Crippen LogP contribution >= 0.6 is 0 Å². The fourth-order valence-electron chi connectivity index (χ4n) is 3.86. The first-order valence-corrected chi connectivity index (χ1v) is 7.13. The summed E-state index contributed by atoms with van der Waals surface area (Å²) in [4.78, 5) is 25.6. The van der Waals surface area contributed by atoms with Crippen molar-refractivity contribution >= 4 is 5.91 Å². The topological polar surface area (TPSA) is 62.0 Å². The number of fused-ring (bicyclic) bond motifs is 2. The molecule has 0 aliphatic heterocycles. The zero-order valence-electron chi connectivity index (χ0n) is 11.2. The van der Waals surface area contributed by atoms with E-state index in [1.54, 1.807) is 6.07 Å². The summed E-state index contributed by atoms with van der Waals surface area (Å²) in [7, 11) is 0. The second-order valence-corrected chi connectivity index (χ2v) is 6.04. The van der Waals surface area contributed by atoms with E-state index in [1.807, 2.05) is 0 Å². The van der Waals surface area contributed by atoms with Crippen molar-refractivity contribution in [2.75, 3.05) is 0 Å². The molecule has 1 heterocycles. The molecule has 0 radical (unpaired) electrons. The summed E-state index contributed by atoms with van der Waals surface area (Å²) < 4.78 is 0. The Bertz CT molecular complexity index is 517. The van der Waals surface area contributed by atoms with Gasteiger partial charge in [0.15, 0.2) is 0 Å². The van der Waals surface area contributed by atoms with Gasteiger partial charge in [0.25, 0.3) is 5.91 Å². The van der Waals surface area contributed by atoms with Crippen molar-refractivity contribution in [2.45, 2.75) is 38.6 Å². The second kappa shape index (κ2) is 4.83. The number of H-pyrrole nitrogens is 1. The Kier molecular flexibility index (Phi) is 3.17. The quantitative estimate of drug-likeness (QED) is 0.872. The van der Waals surface area contributed by atoms with Crippen molar-refractivity contribution < 1.29 is 4.79 Å². The van der Waals surface area contributed by atoms with E-state index in [4.69, 9.17) is 0 Å². The lowest BCUT2D eigenvalue weighted by Crippen LogP contribution is -2.40. The van der Waals surface area contributed by atoms with Gasteiger partial charge in [-0.15, -0.1) is 0 Å². The zero-order chi connectivity index (χ0) is 13.4. The van der Waals surface area contributed by atoms with Crippen molar-refractivity contribution in [3.8, 4) is 0 Å². The number of aromatic nitrogens is 1. The Labute approximate surface area is 112 Å². The number of carbonyl (C=O) groups is 1. The molecular formula is C15H20N2O2. The molecule has 4 atom stereocenters. The molecular weight excluding hydrogens is 240 g/mol. The molecule has 0 unspecified atom stereocenters. The molecule has 102 valence electrons. The minimum Gasteiger partial charge on any atom is -0.349 e. The zero-order valence-corrected chi connectivity index (χ0v) is 11.2. The van der Waals surface area contributed by atoms with E-state index >= 15 is 0 Å². The van der Waals surface area contributed by atoms with Crippen molar-refractivity contribution in [3.05, 3.63) is 34.2 Å². The Morgan fingerprint density at radius 3 is 2.79 bits per heavy atom. The van der Waals surface area contributed by atoms with E-state index in [2.05, 4.69) is 17.2 Å². The Morgan fingerprint density at radius 1 is 1.37 bits per heavy atom. The highest BCUT2D eigenvalue weighted by atomic mass is 16.2. The summed E-state index contributed by atoms with van der Waals surface area (Å²) in [6.45, 7) is 2.11. The number of nitrogens with one attached hydrogen (secondary N) is 2. The minimum atomic E-state index is -0.183. The molecule has 1 amide bonds. The molecule has 2 bridgehead atoms.